The van der Waals surface area contributed by atoms with Gasteiger partial charge in [-0.3, -0.25) is 4.79 Å². The standard InChI is InChI=1S/C18H30N4O3/c1-14(2)18(23)15-4-7-22(8-5-15)17-13-20-16(12-21-17)19-6-9-25-11-10-24-3/h12-15H,4-11H2,1-3H3,(H,19,20). The normalized spacial score (nSPS) is 15.6. The van der Waals surface area contributed by atoms with E-state index in [4.69, 9.17) is 9.47 Å². The molecule has 2 heterocycles. The van der Waals surface area contributed by atoms with Crippen LogP contribution in [0.25, 0.3) is 0 Å². The Hall–Kier alpha value is -1.73. The van der Waals surface area contributed by atoms with E-state index >= 15 is 0 Å². The van der Waals surface area contributed by atoms with Crippen LogP contribution >= 0.6 is 0 Å². The van der Waals surface area contributed by atoms with Gasteiger partial charge < -0.3 is 19.7 Å². The van der Waals surface area contributed by atoms with Crippen LogP contribution in [0.5, 0.6) is 0 Å². The van der Waals surface area contributed by atoms with E-state index < -0.39 is 0 Å². The van der Waals surface area contributed by atoms with Gasteiger partial charge in [0.1, 0.15) is 17.4 Å². The molecule has 0 atom stereocenters. The highest BCUT2D eigenvalue weighted by atomic mass is 16.5. The van der Waals surface area contributed by atoms with Gasteiger partial charge in [-0.25, -0.2) is 9.97 Å². The Morgan fingerprint density at radius 1 is 1.24 bits per heavy atom. The quantitative estimate of drug-likeness (QED) is 0.647. The first-order valence-electron chi connectivity index (χ1n) is 9.03. The fraction of sp³-hybridized carbons (Fsp3) is 0.722. The van der Waals surface area contributed by atoms with Crippen molar-refractivity contribution in [2.75, 3.05) is 56.8 Å². The number of hydrogen-bond donors (Lipinski definition) is 1. The number of Topliss-reactive ketones (excluding diaryl/α,β-unsaturated/α-hetero) is 1. The molecular weight excluding hydrogens is 320 g/mol. The van der Waals surface area contributed by atoms with E-state index in [0.29, 0.717) is 32.1 Å². The summed E-state index contributed by atoms with van der Waals surface area (Å²) >= 11 is 0. The number of carbonyl (C=O) groups is 1. The largest absolute Gasteiger partial charge is 0.382 e. The number of methoxy groups -OCH3 is 1. The molecule has 0 saturated carbocycles. The number of carbonyl (C=O) groups excluding carboxylic acids is 1. The van der Waals surface area contributed by atoms with Crippen molar-refractivity contribution in [3.63, 3.8) is 0 Å². The molecular formula is C18H30N4O3. The summed E-state index contributed by atoms with van der Waals surface area (Å²) in [5.74, 6) is 2.32. The molecule has 1 fully saturated rings. The van der Waals surface area contributed by atoms with Crippen molar-refractivity contribution >= 4 is 17.4 Å². The predicted molar refractivity (Wildman–Crippen MR) is 98.0 cm³/mol. The average Bonchev–Trinajstić information content (AvgIpc) is 2.64. The Kier molecular flexibility index (Phi) is 8.08. The molecule has 0 aliphatic carbocycles. The number of piperidine rings is 1. The second-order valence-corrected chi connectivity index (χ2v) is 6.61. The molecule has 1 N–H and O–H groups in total. The van der Waals surface area contributed by atoms with E-state index in [1.807, 2.05) is 13.8 Å². The van der Waals surface area contributed by atoms with Crippen LogP contribution in [-0.2, 0) is 14.3 Å². The summed E-state index contributed by atoms with van der Waals surface area (Å²) in [7, 11) is 1.66. The molecule has 0 radical (unpaired) electrons. The van der Waals surface area contributed by atoms with Crippen molar-refractivity contribution in [1.82, 2.24) is 9.97 Å². The van der Waals surface area contributed by atoms with Crippen LogP contribution in [0.2, 0.25) is 0 Å². The summed E-state index contributed by atoms with van der Waals surface area (Å²) in [6.07, 6.45) is 5.34. The molecule has 1 aliphatic heterocycles. The maximum atomic E-state index is 12.1. The Balaban J connectivity index is 1.72. The monoisotopic (exact) mass is 350 g/mol. The molecule has 0 aromatic carbocycles. The first kappa shape index (κ1) is 19.6. The number of nitrogens with zero attached hydrogens (tertiary/aromatic N) is 3. The van der Waals surface area contributed by atoms with Gasteiger partial charge in [0.25, 0.3) is 0 Å². The minimum Gasteiger partial charge on any atom is -0.382 e. The number of nitrogens with one attached hydrogen (secondary N) is 1. The van der Waals surface area contributed by atoms with Crippen molar-refractivity contribution in [3.05, 3.63) is 12.4 Å². The fourth-order valence-electron chi connectivity index (χ4n) is 2.94. The molecule has 1 aliphatic rings. The molecule has 140 valence electrons. The van der Waals surface area contributed by atoms with Gasteiger partial charge in [0.15, 0.2) is 0 Å². The molecule has 1 aromatic rings. The van der Waals surface area contributed by atoms with Gasteiger partial charge in [-0.1, -0.05) is 13.8 Å². The number of aromatic nitrogens is 2. The third kappa shape index (κ3) is 6.25. The minimum atomic E-state index is 0.125. The maximum Gasteiger partial charge on any atom is 0.147 e. The highest BCUT2D eigenvalue weighted by molar-refractivity contribution is 5.83. The number of rotatable bonds is 10. The molecule has 0 bridgehead atoms. The highest BCUT2D eigenvalue weighted by Crippen LogP contribution is 2.24. The van der Waals surface area contributed by atoms with Gasteiger partial charge in [0, 0.05) is 38.6 Å². The Morgan fingerprint density at radius 3 is 2.60 bits per heavy atom. The lowest BCUT2D eigenvalue weighted by atomic mass is 9.87. The van der Waals surface area contributed by atoms with Gasteiger partial charge >= 0.3 is 0 Å². The summed E-state index contributed by atoms with van der Waals surface area (Å²) < 4.78 is 10.3. The lowest BCUT2D eigenvalue weighted by Gasteiger charge is -2.32. The third-order valence-electron chi connectivity index (χ3n) is 4.41. The van der Waals surface area contributed by atoms with Crippen molar-refractivity contribution in [3.8, 4) is 0 Å². The van der Waals surface area contributed by atoms with Gasteiger partial charge in [0.2, 0.25) is 0 Å². The Labute approximate surface area is 150 Å². The van der Waals surface area contributed by atoms with Gasteiger partial charge in [0.05, 0.1) is 32.2 Å². The fourth-order valence-corrected chi connectivity index (χ4v) is 2.94. The van der Waals surface area contributed by atoms with Crippen molar-refractivity contribution < 1.29 is 14.3 Å². The van der Waals surface area contributed by atoms with E-state index in [-0.39, 0.29) is 11.8 Å². The summed E-state index contributed by atoms with van der Waals surface area (Å²) in [5, 5.41) is 3.18. The topological polar surface area (TPSA) is 76.6 Å². The van der Waals surface area contributed by atoms with Crippen LogP contribution in [0.1, 0.15) is 26.7 Å². The van der Waals surface area contributed by atoms with Crippen LogP contribution in [0.4, 0.5) is 11.6 Å². The zero-order chi connectivity index (χ0) is 18.1. The molecule has 1 saturated heterocycles. The zero-order valence-corrected chi connectivity index (χ0v) is 15.5. The molecule has 0 spiro atoms. The lowest BCUT2D eigenvalue weighted by Crippen LogP contribution is -2.37. The smallest absolute Gasteiger partial charge is 0.147 e. The predicted octanol–water partition coefficient (Wildman–Crippen LogP) is 1.99. The third-order valence-corrected chi connectivity index (χ3v) is 4.41. The number of hydrogen-bond acceptors (Lipinski definition) is 7. The Bertz CT molecular complexity index is 514. The lowest BCUT2D eigenvalue weighted by molar-refractivity contribution is -0.126. The van der Waals surface area contributed by atoms with E-state index in [0.717, 1.165) is 37.6 Å². The maximum absolute atomic E-state index is 12.1. The second kappa shape index (κ2) is 10.3. The molecule has 7 nitrogen and oxygen atoms in total. The van der Waals surface area contributed by atoms with Crippen LogP contribution in [0.15, 0.2) is 12.4 Å². The summed E-state index contributed by atoms with van der Waals surface area (Å²) in [5.41, 5.74) is 0. The first-order chi connectivity index (χ1) is 12.1. The van der Waals surface area contributed by atoms with Crippen LogP contribution in [0.3, 0.4) is 0 Å². The number of ether oxygens (including phenoxy) is 2. The van der Waals surface area contributed by atoms with Gasteiger partial charge in [-0.2, -0.15) is 0 Å². The Morgan fingerprint density at radius 2 is 2.00 bits per heavy atom. The van der Waals surface area contributed by atoms with E-state index in [9.17, 15) is 4.79 Å². The second-order valence-electron chi connectivity index (χ2n) is 6.61. The first-order valence-corrected chi connectivity index (χ1v) is 9.03. The molecule has 1 aromatic heterocycles. The van der Waals surface area contributed by atoms with Crippen molar-refractivity contribution in [2.45, 2.75) is 26.7 Å². The van der Waals surface area contributed by atoms with Crippen LogP contribution in [-0.4, -0.2) is 62.3 Å². The van der Waals surface area contributed by atoms with E-state index in [1.54, 1.807) is 19.5 Å². The molecule has 0 unspecified atom stereocenters. The average molecular weight is 350 g/mol. The molecule has 0 amide bonds. The number of anilines is 2. The molecule has 7 heteroatoms. The summed E-state index contributed by atoms with van der Waals surface area (Å²) in [6.45, 7) is 8.16. The van der Waals surface area contributed by atoms with Crippen molar-refractivity contribution in [1.29, 1.82) is 0 Å². The van der Waals surface area contributed by atoms with E-state index in [1.165, 1.54) is 0 Å². The summed E-state index contributed by atoms with van der Waals surface area (Å²) in [4.78, 5) is 23.2. The van der Waals surface area contributed by atoms with Gasteiger partial charge in [-0.05, 0) is 12.8 Å². The number of ketones is 1. The molecule has 2 rings (SSSR count). The minimum absolute atomic E-state index is 0.125. The SMILES string of the molecule is COCCOCCNc1cnc(N2CCC(C(=O)C(C)C)CC2)cn1. The van der Waals surface area contributed by atoms with Gasteiger partial charge in [-0.15, -0.1) is 0 Å². The van der Waals surface area contributed by atoms with Crippen molar-refractivity contribution in [2.24, 2.45) is 11.8 Å². The zero-order valence-electron chi connectivity index (χ0n) is 15.5. The van der Waals surface area contributed by atoms with Crippen LogP contribution in [0, 0.1) is 11.8 Å². The van der Waals surface area contributed by atoms with Crippen LogP contribution < -0.4 is 10.2 Å². The molecule has 25 heavy (non-hydrogen) atoms. The highest BCUT2D eigenvalue weighted by Gasteiger charge is 2.26. The van der Waals surface area contributed by atoms with E-state index in [2.05, 4.69) is 20.2 Å². The summed E-state index contributed by atoms with van der Waals surface area (Å²) in [6, 6.07) is 0.